The summed E-state index contributed by atoms with van der Waals surface area (Å²) in [6.45, 7) is 10.7. The third kappa shape index (κ3) is 16.3. The van der Waals surface area contributed by atoms with Gasteiger partial charge in [-0.1, -0.05) is 104 Å². The molecule has 0 bridgehead atoms. The number of rotatable bonds is 23. The Balaban J connectivity index is 2.55. The van der Waals surface area contributed by atoms with Gasteiger partial charge in [0.05, 0.1) is 0 Å². The summed E-state index contributed by atoms with van der Waals surface area (Å²) in [5.74, 6) is 1.87. The molecule has 0 aliphatic rings. The van der Waals surface area contributed by atoms with Crippen molar-refractivity contribution in [2.75, 3.05) is 50.5 Å². The maximum Gasteiger partial charge on any atom is 0.224 e. The fourth-order valence-electron chi connectivity index (χ4n) is 4.40. The number of aryl methyl sites for hydroxylation is 1. The van der Waals surface area contributed by atoms with E-state index in [0.29, 0.717) is 0 Å². The van der Waals surface area contributed by atoms with Gasteiger partial charge in [0.15, 0.2) is 0 Å². The van der Waals surface area contributed by atoms with E-state index in [9.17, 15) is 0 Å². The standard InChI is InChI=1S/C29H57N5/c1-6-8-10-12-14-16-18-20-23-34(24-21-19-17-15-13-11-9-7-2)28-26-27(3)31-29(32-28)30-22-25-33(4)5/h26H,6-25H2,1-5H3,(H,30,31,32). The van der Waals surface area contributed by atoms with Gasteiger partial charge < -0.3 is 15.1 Å². The molecule has 198 valence electrons. The third-order valence-corrected chi connectivity index (χ3v) is 6.57. The molecular formula is C29H57N5. The van der Waals surface area contributed by atoms with Crippen LogP contribution in [0.25, 0.3) is 0 Å². The Morgan fingerprint density at radius 3 is 1.59 bits per heavy atom. The maximum atomic E-state index is 4.91. The summed E-state index contributed by atoms with van der Waals surface area (Å²) in [5.41, 5.74) is 1.05. The highest BCUT2D eigenvalue weighted by molar-refractivity contribution is 5.44. The van der Waals surface area contributed by atoms with Crippen LogP contribution in [-0.2, 0) is 0 Å². The summed E-state index contributed by atoms with van der Waals surface area (Å²) in [5, 5.41) is 3.42. The summed E-state index contributed by atoms with van der Waals surface area (Å²) < 4.78 is 0. The average Bonchev–Trinajstić information content (AvgIpc) is 2.80. The number of likely N-dealkylation sites (N-methyl/N-ethyl adjacent to an activating group) is 1. The lowest BCUT2D eigenvalue weighted by Gasteiger charge is -2.25. The van der Waals surface area contributed by atoms with Gasteiger partial charge in [-0.05, 0) is 33.9 Å². The van der Waals surface area contributed by atoms with Gasteiger partial charge >= 0.3 is 0 Å². The van der Waals surface area contributed by atoms with Crippen molar-refractivity contribution < 1.29 is 0 Å². The van der Waals surface area contributed by atoms with E-state index < -0.39 is 0 Å². The summed E-state index contributed by atoms with van der Waals surface area (Å²) in [6, 6.07) is 2.17. The predicted molar refractivity (Wildman–Crippen MR) is 151 cm³/mol. The molecule has 1 N–H and O–H groups in total. The Kier molecular flexibility index (Phi) is 18.9. The van der Waals surface area contributed by atoms with Crippen molar-refractivity contribution in [1.82, 2.24) is 14.9 Å². The number of aromatic nitrogens is 2. The summed E-state index contributed by atoms with van der Waals surface area (Å²) in [4.78, 5) is 14.3. The van der Waals surface area contributed by atoms with Crippen LogP contribution in [-0.4, -0.2) is 55.1 Å². The van der Waals surface area contributed by atoms with Gasteiger partial charge in [0.1, 0.15) is 5.82 Å². The molecule has 0 aromatic carbocycles. The lowest BCUT2D eigenvalue weighted by atomic mass is 10.1. The second kappa shape index (κ2) is 21.0. The molecular weight excluding hydrogens is 418 g/mol. The molecule has 0 spiro atoms. The van der Waals surface area contributed by atoms with Gasteiger partial charge in [-0.3, -0.25) is 0 Å². The topological polar surface area (TPSA) is 44.3 Å². The smallest absolute Gasteiger partial charge is 0.224 e. The fraction of sp³-hybridized carbons (Fsp3) is 0.862. The molecule has 5 heteroatoms. The van der Waals surface area contributed by atoms with Crippen molar-refractivity contribution in [2.45, 2.75) is 124 Å². The molecule has 34 heavy (non-hydrogen) atoms. The van der Waals surface area contributed by atoms with Crippen molar-refractivity contribution >= 4 is 11.8 Å². The van der Waals surface area contributed by atoms with E-state index in [1.165, 1.54) is 103 Å². The van der Waals surface area contributed by atoms with Crippen molar-refractivity contribution in [2.24, 2.45) is 0 Å². The van der Waals surface area contributed by atoms with Crippen molar-refractivity contribution in [3.8, 4) is 0 Å². The lowest BCUT2D eigenvalue weighted by molar-refractivity contribution is 0.425. The molecule has 0 aliphatic heterocycles. The number of hydrogen-bond donors (Lipinski definition) is 1. The maximum absolute atomic E-state index is 4.91. The Bertz CT molecular complexity index is 570. The van der Waals surface area contributed by atoms with Crippen LogP contribution >= 0.6 is 0 Å². The summed E-state index contributed by atoms with van der Waals surface area (Å²) >= 11 is 0. The summed E-state index contributed by atoms with van der Waals surface area (Å²) in [6.07, 6.45) is 21.8. The molecule has 0 aliphatic carbocycles. The van der Waals surface area contributed by atoms with E-state index in [-0.39, 0.29) is 0 Å². The molecule has 0 unspecified atom stereocenters. The number of nitrogens with zero attached hydrogens (tertiary/aromatic N) is 4. The third-order valence-electron chi connectivity index (χ3n) is 6.57. The molecule has 0 saturated carbocycles. The minimum Gasteiger partial charge on any atom is -0.356 e. The minimum absolute atomic E-state index is 0.772. The Hall–Kier alpha value is -1.36. The van der Waals surface area contributed by atoms with Crippen LogP contribution in [0.1, 0.15) is 122 Å². The van der Waals surface area contributed by atoms with Crippen LogP contribution in [0, 0.1) is 6.92 Å². The first-order valence-electron chi connectivity index (χ1n) is 14.6. The Morgan fingerprint density at radius 2 is 1.12 bits per heavy atom. The number of hydrogen-bond acceptors (Lipinski definition) is 5. The first-order valence-corrected chi connectivity index (χ1v) is 14.6. The Labute approximate surface area is 212 Å². The van der Waals surface area contributed by atoms with Gasteiger partial charge in [-0.25, -0.2) is 4.98 Å². The van der Waals surface area contributed by atoms with Gasteiger partial charge in [0.2, 0.25) is 5.95 Å². The van der Waals surface area contributed by atoms with Crippen molar-refractivity contribution in [3.63, 3.8) is 0 Å². The number of unbranched alkanes of at least 4 members (excludes halogenated alkanes) is 14. The van der Waals surface area contributed by atoms with E-state index in [0.717, 1.165) is 43.6 Å². The number of nitrogens with one attached hydrogen (secondary N) is 1. The fourth-order valence-corrected chi connectivity index (χ4v) is 4.40. The zero-order valence-electron chi connectivity index (χ0n) is 23.5. The second-order valence-electron chi connectivity index (χ2n) is 10.4. The first kappa shape index (κ1) is 30.7. The molecule has 1 heterocycles. The zero-order chi connectivity index (χ0) is 24.9. The van der Waals surface area contributed by atoms with E-state index >= 15 is 0 Å². The molecule has 1 rings (SSSR count). The second-order valence-corrected chi connectivity index (χ2v) is 10.4. The molecule has 0 amide bonds. The number of anilines is 2. The van der Waals surface area contributed by atoms with Crippen molar-refractivity contribution in [3.05, 3.63) is 11.8 Å². The molecule has 0 atom stereocenters. The van der Waals surface area contributed by atoms with Gasteiger partial charge in [0.25, 0.3) is 0 Å². The van der Waals surface area contributed by atoms with Gasteiger partial charge in [-0.2, -0.15) is 4.98 Å². The molecule has 5 nitrogen and oxygen atoms in total. The zero-order valence-corrected chi connectivity index (χ0v) is 23.5. The van der Waals surface area contributed by atoms with Crippen LogP contribution < -0.4 is 10.2 Å². The minimum atomic E-state index is 0.772. The van der Waals surface area contributed by atoms with Crippen LogP contribution in [0.4, 0.5) is 11.8 Å². The van der Waals surface area contributed by atoms with Crippen LogP contribution in [0.3, 0.4) is 0 Å². The van der Waals surface area contributed by atoms with Crippen LogP contribution in [0.2, 0.25) is 0 Å². The van der Waals surface area contributed by atoms with Crippen LogP contribution in [0.5, 0.6) is 0 Å². The quantitative estimate of drug-likeness (QED) is 0.163. The SMILES string of the molecule is CCCCCCCCCCN(CCCCCCCCCC)c1cc(C)nc(NCCN(C)C)n1. The monoisotopic (exact) mass is 475 g/mol. The predicted octanol–water partition coefficient (Wildman–Crippen LogP) is 7.85. The highest BCUT2D eigenvalue weighted by Crippen LogP contribution is 2.18. The average molecular weight is 476 g/mol. The summed E-state index contributed by atoms with van der Waals surface area (Å²) in [7, 11) is 4.19. The van der Waals surface area contributed by atoms with E-state index in [2.05, 4.69) is 61.0 Å². The molecule has 0 saturated heterocycles. The van der Waals surface area contributed by atoms with Crippen LogP contribution in [0.15, 0.2) is 6.07 Å². The van der Waals surface area contributed by atoms with Crippen molar-refractivity contribution in [1.29, 1.82) is 0 Å². The van der Waals surface area contributed by atoms with Gasteiger partial charge in [-0.15, -0.1) is 0 Å². The molecule has 0 radical (unpaired) electrons. The molecule has 1 aromatic rings. The van der Waals surface area contributed by atoms with E-state index in [1.54, 1.807) is 0 Å². The van der Waals surface area contributed by atoms with E-state index in [4.69, 9.17) is 4.98 Å². The van der Waals surface area contributed by atoms with E-state index in [1.807, 2.05) is 0 Å². The first-order chi connectivity index (χ1) is 16.6. The lowest BCUT2D eigenvalue weighted by Crippen LogP contribution is -2.28. The molecule has 0 fully saturated rings. The Morgan fingerprint density at radius 1 is 0.647 bits per heavy atom. The largest absolute Gasteiger partial charge is 0.356 e. The molecule has 1 aromatic heterocycles. The highest BCUT2D eigenvalue weighted by Gasteiger charge is 2.11. The normalized spacial score (nSPS) is 11.4. The van der Waals surface area contributed by atoms with Gasteiger partial charge in [0, 0.05) is 37.9 Å². The highest BCUT2D eigenvalue weighted by atomic mass is 15.2.